The topological polar surface area (TPSA) is 70.0 Å². The van der Waals surface area contributed by atoms with E-state index in [4.69, 9.17) is 4.74 Å². The van der Waals surface area contributed by atoms with Crippen LogP contribution in [0.4, 0.5) is 0 Å². The fourth-order valence-corrected chi connectivity index (χ4v) is 2.10. The molecule has 1 heterocycles. The maximum Gasteiger partial charge on any atom is 0.253 e. The van der Waals surface area contributed by atoms with E-state index >= 15 is 0 Å². The minimum absolute atomic E-state index is 0.155. The molecule has 1 aliphatic heterocycles. The molecular weight excluding hydrogens is 234 g/mol. The van der Waals surface area contributed by atoms with E-state index < -0.39 is 0 Å². The number of phenolic OH excluding ortho intramolecular Hbond substituents is 2. The molecule has 0 saturated carbocycles. The second kappa shape index (κ2) is 5.27. The number of rotatable bonds is 2. The molecule has 0 aromatic heterocycles. The maximum absolute atomic E-state index is 12.2. The molecule has 0 unspecified atom stereocenters. The van der Waals surface area contributed by atoms with E-state index in [1.165, 1.54) is 18.2 Å². The third-order valence-electron chi connectivity index (χ3n) is 3.28. The summed E-state index contributed by atoms with van der Waals surface area (Å²) in [7, 11) is 1.75. The van der Waals surface area contributed by atoms with Crippen LogP contribution in [-0.2, 0) is 4.74 Å². The molecule has 1 aromatic rings. The van der Waals surface area contributed by atoms with Gasteiger partial charge >= 0.3 is 0 Å². The summed E-state index contributed by atoms with van der Waals surface area (Å²) in [6.07, 6.45) is 1.65. The standard InChI is InChI=1S/C13H17NO4/c1-14(10-4-6-18-7-5-10)13(17)9-2-3-11(15)12(16)8-9/h2-3,8,10,15-16H,4-7H2,1H3. The van der Waals surface area contributed by atoms with Crippen molar-refractivity contribution in [1.82, 2.24) is 4.90 Å². The summed E-state index contributed by atoms with van der Waals surface area (Å²) in [6, 6.07) is 4.28. The van der Waals surface area contributed by atoms with Crippen molar-refractivity contribution in [3.8, 4) is 11.5 Å². The highest BCUT2D eigenvalue weighted by Gasteiger charge is 2.23. The molecule has 5 heteroatoms. The van der Waals surface area contributed by atoms with Crippen molar-refractivity contribution in [2.45, 2.75) is 18.9 Å². The van der Waals surface area contributed by atoms with Crippen molar-refractivity contribution in [2.24, 2.45) is 0 Å². The number of hydrogen-bond acceptors (Lipinski definition) is 4. The van der Waals surface area contributed by atoms with Crippen LogP contribution in [0.5, 0.6) is 11.5 Å². The zero-order valence-electron chi connectivity index (χ0n) is 10.3. The highest BCUT2D eigenvalue weighted by atomic mass is 16.5. The van der Waals surface area contributed by atoms with Gasteiger partial charge in [0.1, 0.15) is 0 Å². The fraction of sp³-hybridized carbons (Fsp3) is 0.462. The summed E-state index contributed by atoms with van der Waals surface area (Å²) in [5.74, 6) is -0.654. The lowest BCUT2D eigenvalue weighted by molar-refractivity contribution is 0.0362. The van der Waals surface area contributed by atoms with E-state index in [9.17, 15) is 15.0 Å². The summed E-state index contributed by atoms with van der Waals surface area (Å²) >= 11 is 0. The average Bonchev–Trinajstić information content (AvgIpc) is 2.41. The van der Waals surface area contributed by atoms with Crippen molar-refractivity contribution in [3.63, 3.8) is 0 Å². The Kier molecular flexibility index (Phi) is 3.72. The lowest BCUT2D eigenvalue weighted by Gasteiger charge is -2.31. The average molecular weight is 251 g/mol. The van der Waals surface area contributed by atoms with Crippen molar-refractivity contribution in [3.05, 3.63) is 23.8 Å². The van der Waals surface area contributed by atoms with E-state index in [0.29, 0.717) is 18.8 Å². The molecule has 1 aromatic carbocycles. The van der Waals surface area contributed by atoms with Crippen LogP contribution in [0.15, 0.2) is 18.2 Å². The number of aromatic hydroxyl groups is 2. The monoisotopic (exact) mass is 251 g/mol. The van der Waals surface area contributed by atoms with E-state index in [0.717, 1.165) is 12.8 Å². The van der Waals surface area contributed by atoms with Gasteiger partial charge in [0, 0.05) is 31.9 Å². The zero-order valence-corrected chi connectivity index (χ0v) is 10.3. The highest BCUT2D eigenvalue weighted by Crippen LogP contribution is 2.26. The smallest absolute Gasteiger partial charge is 0.253 e. The Labute approximate surface area is 106 Å². The molecule has 0 atom stereocenters. The van der Waals surface area contributed by atoms with Crippen LogP contribution in [0.3, 0.4) is 0 Å². The van der Waals surface area contributed by atoms with Crippen LogP contribution in [0.1, 0.15) is 23.2 Å². The number of hydrogen-bond donors (Lipinski definition) is 2. The first-order chi connectivity index (χ1) is 8.59. The number of phenols is 2. The van der Waals surface area contributed by atoms with Gasteiger partial charge in [-0.2, -0.15) is 0 Å². The molecule has 18 heavy (non-hydrogen) atoms. The molecule has 2 N–H and O–H groups in total. The van der Waals surface area contributed by atoms with Crippen molar-refractivity contribution >= 4 is 5.91 Å². The van der Waals surface area contributed by atoms with Crippen LogP contribution >= 0.6 is 0 Å². The molecule has 0 radical (unpaired) electrons. The van der Waals surface area contributed by atoms with Crippen LogP contribution in [0.2, 0.25) is 0 Å². The highest BCUT2D eigenvalue weighted by molar-refractivity contribution is 5.94. The van der Waals surface area contributed by atoms with Crippen LogP contribution in [0.25, 0.3) is 0 Å². The molecular formula is C13H17NO4. The molecule has 2 rings (SSSR count). The molecule has 1 saturated heterocycles. The van der Waals surface area contributed by atoms with Crippen LogP contribution in [0, 0.1) is 0 Å². The lowest BCUT2D eigenvalue weighted by Crippen LogP contribution is -2.40. The quantitative estimate of drug-likeness (QED) is 0.778. The van der Waals surface area contributed by atoms with Crippen LogP contribution in [-0.4, -0.2) is 47.3 Å². The molecule has 0 bridgehead atoms. The Bertz CT molecular complexity index is 441. The SMILES string of the molecule is CN(C(=O)c1ccc(O)c(O)c1)C1CCOCC1. The van der Waals surface area contributed by atoms with Gasteiger partial charge in [0.05, 0.1) is 0 Å². The second-order valence-electron chi connectivity index (χ2n) is 4.46. The van der Waals surface area contributed by atoms with E-state index in [1.807, 2.05) is 0 Å². The molecule has 0 aliphatic carbocycles. The Morgan fingerprint density at radius 1 is 1.28 bits per heavy atom. The predicted octanol–water partition coefficient (Wildman–Crippen LogP) is 1.35. The number of ether oxygens (including phenoxy) is 1. The van der Waals surface area contributed by atoms with Crippen LogP contribution < -0.4 is 0 Å². The summed E-state index contributed by atoms with van der Waals surface area (Å²) in [6.45, 7) is 1.34. The summed E-state index contributed by atoms with van der Waals surface area (Å²) in [5.41, 5.74) is 0.374. The zero-order chi connectivity index (χ0) is 13.1. The number of carbonyl (C=O) groups excluding carboxylic acids is 1. The van der Waals surface area contributed by atoms with E-state index in [2.05, 4.69) is 0 Å². The molecule has 1 fully saturated rings. The first-order valence-electron chi connectivity index (χ1n) is 5.96. The molecule has 98 valence electrons. The van der Waals surface area contributed by atoms with Crippen molar-refractivity contribution in [2.75, 3.05) is 20.3 Å². The number of amides is 1. The minimum atomic E-state index is -0.277. The van der Waals surface area contributed by atoms with Gasteiger partial charge in [0.25, 0.3) is 5.91 Å². The normalized spacial score (nSPS) is 16.5. The first-order valence-corrected chi connectivity index (χ1v) is 5.96. The summed E-state index contributed by atoms with van der Waals surface area (Å²) in [4.78, 5) is 13.9. The van der Waals surface area contributed by atoms with Gasteiger partial charge in [-0.1, -0.05) is 0 Å². The maximum atomic E-state index is 12.2. The number of nitrogens with zero attached hydrogens (tertiary/aromatic N) is 1. The Morgan fingerprint density at radius 3 is 2.56 bits per heavy atom. The largest absolute Gasteiger partial charge is 0.504 e. The summed E-state index contributed by atoms with van der Waals surface area (Å²) in [5, 5.41) is 18.6. The molecule has 1 amide bonds. The Morgan fingerprint density at radius 2 is 1.94 bits per heavy atom. The number of benzene rings is 1. The van der Waals surface area contributed by atoms with E-state index in [-0.39, 0.29) is 23.4 Å². The van der Waals surface area contributed by atoms with Crippen molar-refractivity contribution in [1.29, 1.82) is 0 Å². The molecule has 1 aliphatic rings. The van der Waals surface area contributed by atoms with Gasteiger partial charge in [0.2, 0.25) is 0 Å². The van der Waals surface area contributed by atoms with Gasteiger partial charge in [-0.15, -0.1) is 0 Å². The first kappa shape index (κ1) is 12.7. The van der Waals surface area contributed by atoms with Gasteiger partial charge in [-0.05, 0) is 31.0 Å². The van der Waals surface area contributed by atoms with Gasteiger partial charge in [0.15, 0.2) is 11.5 Å². The van der Waals surface area contributed by atoms with Gasteiger partial charge in [-0.25, -0.2) is 0 Å². The molecule has 0 spiro atoms. The second-order valence-corrected chi connectivity index (χ2v) is 4.46. The fourth-order valence-electron chi connectivity index (χ4n) is 2.10. The lowest BCUT2D eigenvalue weighted by atomic mass is 10.1. The van der Waals surface area contributed by atoms with Crippen molar-refractivity contribution < 1.29 is 19.7 Å². The van der Waals surface area contributed by atoms with Gasteiger partial charge in [-0.3, -0.25) is 4.79 Å². The third-order valence-corrected chi connectivity index (χ3v) is 3.28. The van der Waals surface area contributed by atoms with E-state index in [1.54, 1.807) is 11.9 Å². The third kappa shape index (κ3) is 2.56. The minimum Gasteiger partial charge on any atom is -0.504 e. The summed E-state index contributed by atoms with van der Waals surface area (Å²) < 4.78 is 5.26. The number of carbonyl (C=O) groups is 1. The Balaban J connectivity index is 2.11. The predicted molar refractivity (Wildman–Crippen MR) is 65.7 cm³/mol. The Hall–Kier alpha value is -1.75. The molecule has 5 nitrogen and oxygen atoms in total. The van der Waals surface area contributed by atoms with Gasteiger partial charge < -0.3 is 19.8 Å².